The highest BCUT2D eigenvalue weighted by molar-refractivity contribution is 5.75. The number of benzene rings is 1. The summed E-state index contributed by atoms with van der Waals surface area (Å²) in [5.41, 5.74) is 7.15. The van der Waals surface area contributed by atoms with Crippen LogP contribution in [0.5, 0.6) is 0 Å². The Balaban J connectivity index is 3.00. The molecule has 0 bridgehead atoms. The van der Waals surface area contributed by atoms with E-state index >= 15 is 0 Å². The molecule has 0 aromatic heterocycles. The molecule has 1 aromatic rings. The zero-order valence-electron chi connectivity index (χ0n) is 9.50. The van der Waals surface area contributed by atoms with Crippen molar-refractivity contribution in [3.63, 3.8) is 0 Å². The van der Waals surface area contributed by atoms with Crippen LogP contribution in [0.25, 0.3) is 0 Å². The van der Waals surface area contributed by atoms with Crippen LogP contribution < -0.4 is 11.1 Å². The highest BCUT2D eigenvalue weighted by atomic mass is 16.1. The average Bonchev–Trinajstić information content (AvgIpc) is 2.17. The molecule has 0 aliphatic carbocycles. The minimum Gasteiger partial charge on any atom is -0.370 e. The third kappa shape index (κ3) is 2.80. The van der Waals surface area contributed by atoms with Crippen LogP contribution in [0.15, 0.2) is 24.3 Å². The zero-order chi connectivity index (χ0) is 11.5. The molecule has 0 heterocycles. The Morgan fingerprint density at radius 2 is 1.93 bits per heavy atom. The van der Waals surface area contributed by atoms with Gasteiger partial charge < -0.3 is 11.1 Å². The van der Waals surface area contributed by atoms with Gasteiger partial charge in [-0.15, -0.1) is 0 Å². The smallest absolute Gasteiger partial charge is 0.219 e. The molecule has 15 heavy (non-hydrogen) atoms. The van der Waals surface area contributed by atoms with Crippen molar-refractivity contribution in [3.8, 4) is 0 Å². The molecular weight excluding hydrogens is 188 g/mol. The highest BCUT2D eigenvalue weighted by Crippen LogP contribution is 2.24. The molecule has 1 unspecified atom stereocenters. The summed E-state index contributed by atoms with van der Waals surface area (Å²) < 4.78 is 0. The molecule has 1 atom stereocenters. The van der Waals surface area contributed by atoms with Gasteiger partial charge in [0.15, 0.2) is 0 Å². The van der Waals surface area contributed by atoms with Crippen LogP contribution in [-0.2, 0) is 10.3 Å². The van der Waals surface area contributed by atoms with Crippen LogP contribution in [0.4, 0.5) is 0 Å². The fourth-order valence-electron chi connectivity index (χ4n) is 1.60. The first-order chi connectivity index (χ1) is 6.98. The second-order valence-corrected chi connectivity index (χ2v) is 4.09. The van der Waals surface area contributed by atoms with Gasteiger partial charge in [0.05, 0.1) is 0 Å². The van der Waals surface area contributed by atoms with Crippen LogP contribution in [0.3, 0.4) is 0 Å². The Hall–Kier alpha value is -1.35. The monoisotopic (exact) mass is 206 g/mol. The van der Waals surface area contributed by atoms with E-state index in [1.54, 1.807) is 0 Å². The number of carbonyl (C=O) groups excluding carboxylic acids is 1. The molecule has 0 aliphatic heterocycles. The van der Waals surface area contributed by atoms with E-state index in [2.05, 4.69) is 5.32 Å². The lowest BCUT2D eigenvalue weighted by atomic mass is 9.88. The minimum atomic E-state index is -0.375. The number of hydrogen-bond acceptors (Lipinski definition) is 2. The molecule has 1 rings (SSSR count). The highest BCUT2D eigenvalue weighted by Gasteiger charge is 2.26. The minimum absolute atomic E-state index is 0.298. The Bertz CT molecular complexity index is 345. The molecule has 3 N–H and O–H groups in total. The maximum absolute atomic E-state index is 11.0. The average molecular weight is 206 g/mol. The first-order valence-electron chi connectivity index (χ1n) is 5.02. The van der Waals surface area contributed by atoms with E-state index in [4.69, 9.17) is 5.73 Å². The van der Waals surface area contributed by atoms with Gasteiger partial charge in [-0.05, 0) is 26.5 Å². The van der Waals surface area contributed by atoms with E-state index in [-0.39, 0.29) is 11.4 Å². The number of aryl methyl sites for hydroxylation is 1. The van der Waals surface area contributed by atoms with Gasteiger partial charge in [0.2, 0.25) is 5.91 Å². The quantitative estimate of drug-likeness (QED) is 0.780. The van der Waals surface area contributed by atoms with Gasteiger partial charge in [-0.2, -0.15) is 0 Å². The molecule has 3 heteroatoms. The van der Waals surface area contributed by atoms with Crippen molar-refractivity contribution < 1.29 is 4.79 Å². The van der Waals surface area contributed by atoms with Crippen LogP contribution in [0.1, 0.15) is 24.5 Å². The molecule has 0 radical (unpaired) electrons. The van der Waals surface area contributed by atoms with Crippen molar-refractivity contribution in [1.82, 2.24) is 5.32 Å². The van der Waals surface area contributed by atoms with Crippen LogP contribution in [-0.4, -0.2) is 13.0 Å². The summed E-state index contributed by atoms with van der Waals surface area (Å²) >= 11 is 0. The maximum atomic E-state index is 11.0. The van der Waals surface area contributed by atoms with Crippen LogP contribution in [0, 0.1) is 6.92 Å². The molecule has 0 saturated carbocycles. The third-order valence-electron chi connectivity index (χ3n) is 2.77. The Morgan fingerprint density at radius 3 is 2.33 bits per heavy atom. The number of rotatable bonds is 4. The fourth-order valence-corrected chi connectivity index (χ4v) is 1.60. The number of carbonyl (C=O) groups is 1. The van der Waals surface area contributed by atoms with Gasteiger partial charge in [0, 0.05) is 12.0 Å². The second-order valence-electron chi connectivity index (χ2n) is 4.09. The van der Waals surface area contributed by atoms with Crippen molar-refractivity contribution in [2.75, 3.05) is 7.05 Å². The molecule has 1 aromatic carbocycles. The molecule has 82 valence electrons. The normalized spacial score (nSPS) is 14.6. The molecule has 1 amide bonds. The van der Waals surface area contributed by atoms with Crippen LogP contribution >= 0.6 is 0 Å². The maximum Gasteiger partial charge on any atom is 0.219 e. The Labute approximate surface area is 90.7 Å². The summed E-state index contributed by atoms with van der Waals surface area (Å²) in [4.78, 5) is 11.0. The first kappa shape index (κ1) is 11.7. The number of hydrogen-bond donors (Lipinski definition) is 2. The number of nitrogens with one attached hydrogen (secondary N) is 1. The lowest BCUT2D eigenvalue weighted by molar-refractivity contribution is -0.119. The third-order valence-corrected chi connectivity index (χ3v) is 2.77. The molecule has 3 nitrogen and oxygen atoms in total. The van der Waals surface area contributed by atoms with Crippen molar-refractivity contribution in [2.45, 2.75) is 25.8 Å². The Morgan fingerprint density at radius 1 is 1.40 bits per heavy atom. The second kappa shape index (κ2) is 4.45. The zero-order valence-corrected chi connectivity index (χ0v) is 9.50. The summed E-state index contributed by atoms with van der Waals surface area (Å²) in [5.74, 6) is -0.299. The van der Waals surface area contributed by atoms with Gasteiger partial charge in [0.1, 0.15) is 0 Å². The molecular formula is C12H18N2O. The number of amides is 1. The van der Waals surface area contributed by atoms with Gasteiger partial charge in [0.25, 0.3) is 0 Å². The Kier molecular flexibility index (Phi) is 3.48. The predicted molar refractivity (Wildman–Crippen MR) is 61.4 cm³/mol. The predicted octanol–water partition coefficient (Wildman–Crippen LogP) is 1.31. The first-order valence-corrected chi connectivity index (χ1v) is 5.02. The van der Waals surface area contributed by atoms with Crippen molar-refractivity contribution in [1.29, 1.82) is 0 Å². The lowest BCUT2D eigenvalue weighted by Gasteiger charge is -2.28. The van der Waals surface area contributed by atoms with E-state index in [0.717, 1.165) is 5.56 Å². The van der Waals surface area contributed by atoms with Crippen LogP contribution in [0.2, 0.25) is 0 Å². The standard InChI is InChI=1S/C12H18N2O/c1-9-4-6-10(7-5-9)12(2,14-3)8-11(13)15/h4-7,14H,8H2,1-3H3,(H2,13,15). The number of nitrogens with two attached hydrogens (primary N) is 1. The molecule has 0 aliphatic rings. The van der Waals surface area contributed by atoms with E-state index in [9.17, 15) is 4.79 Å². The van der Waals surface area contributed by atoms with Gasteiger partial charge >= 0.3 is 0 Å². The van der Waals surface area contributed by atoms with E-state index in [1.807, 2.05) is 45.2 Å². The summed E-state index contributed by atoms with van der Waals surface area (Å²) in [6.45, 7) is 4.01. The van der Waals surface area contributed by atoms with Crippen molar-refractivity contribution >= 4 is 5.91 Å². The molecule has 0 saturated heterocycles. The summed E-state index contributed by atoms with van der Waals surface area (Å²) in [6, 6.07) is 8.11. The topological polar surface area (TPSA) is 55.1 Å². The largest absolute Gasteiger partial charge is 0.370 e. The van der Waals surface area contributed by atoms with Gasteiger partial charge in [-0.1, -0.05) is 29.8 Å². The SMILES string of the molecule is CNC(C)(CC(N)=O)c1ccc(C)cc1. The summed E-state index contributed by atoms with van der Waals surface area (Å²) in [5, 5.41) is 3.14. The van der Waals surface area contributed by atoms with E-state index < -0.39 is 0 Å². The van der Waals surface area contributed by atoms with E-state index in [1.165, 1.54) is 5.56 Å². The molecule has 0 fully saturated rings. The molecule has 0 spiro atoms. The van der Waals surface area contributed by atoms with Gasteiger partial charge in [-0.3, -0.25) is 4.79 Å². The fraction of sp³-hybridized carbons (Fsp3) is 0.417. The summed E-state index contributed by atoms with van der Waals surface area (Å²) in [6.07, 6.45) is 0.298. The van der Waals surface area contributed by atoms with E-state index in [0.29, 0.717) is 6.42 Å². The number of primary amides is 1. The van der Waals surface area contributed by atoms with Gasteiger partial charge in [-0.25, -0.2) is 0 Å². The lowest BCUT2D eigenvalue weighted by Crippen LogP contribution is -2.40. The summed E-state index contributed by atoms with van der Waals surface area (Å²) in [7, 11) is 1.84. The van der Waals surface area contributed by atoms with Crippen molar-refractivity contribution in [2.24, 2.45) is 5.73 Å². The van der Waals surface area contributed by atoms with Crippen molar-refractivity contribution in [3.05, 3.63) is 35.4 Å².